The minimum atomic E-state index is -0.564. The molecule has 4 rings (SSSR count). The van der Waals surface area contributed by atoms with Gasteiger partial charge in [0.25, 0.3) is 0 Å². The number of aryl methyl sites for hydroxylation is 2. The fourth-order valence-electron chi connectivity index (χ4n) is 3.33. The van der Waals surface area contributed by atoms with Crippen LogP contribution in [0.4, 0.5) is 11.4 Å². The van der Waals surface area contributed by atoms with Crippen LogP contribution in [0.1, 0.15) is 27.9 Å². The van der Waals surface area contributed by atoms with Gasteiger partial charge in [-0.05, 0) is 79.6 Å². The van der Waals surface area contributed by atoms with Gasteiger partial charge in [-0.25, -0.2) is 4.99 Å². The van der Waals surface area contributed by atoms with Crippen LogP contribution in [0.2, 0.25) is 10.0 Å². The lowest BCUT2D eigenvalue weighted by Gasteiger charge is -2.16. The lowest BCUT2D eigenvalue weighted by Crippen LogP contribution is -2.32. The second-order valence-corrected chi connectivity index (χ2v) is 9.60. The minimum Gasteiger partial charge on any atom is -0.294 e. The second-order valence-electron chi connectivity index (χ2n) is 7.55. The summed E-state index contributed by atoms with van der Waals surface area (Å²) in [5, 5.41) is 1.13. The zero-order valence-electron chi connectivity index (χ0n) is 17.5. The van der Waals surface area contributed by atoms with Gasteiger partial charge in [-0.15, -0.1) is 0 Å². The number of benzene rings is 3. The topological polar surface area (TPSA) is 49.7 Å². The van der Waals surface area contributed by atoms with Gasteiger partial charge in [0.15, 0.2) is 11.0 Å². The number of thioether (sulfide) groups is 1. The number of Topliss-reactive ketones (excluding diaryl/α,β-unsaturated/α-hetero) is 1. The molecular weight excluding hydrogens is 463 g/mol. The second kappa shape index (κ2) is 9.49. The first-order valence-corrected chi connectivity index (χ1v) is 11.7. The number of hydrogen-bond acceptors (Lipinski definition) is 4. The van der Waals surface area contributed by atoms with Gasteiger partial charge in [0, 0.05) is 22.0 Å². The molecule has 0 bridgehead atoms. The Morgan fingerprint density at radius 3 is 2.19 bits per heavy atom. The summed E-state index contributed by atoms with van der Waals surface area (Å²) in [5.41, 5.74) is 4.11. The van der Waals surface area contributed by atoms with Crippen LogP contribution < -0.4 is 4.90 Å². The summed E-state index contributed by atoms with van der Waals surface area (Å²) in [6.07, 6.45) is 0.0930. The molecule has 0 aliphatic carbocycles. The fraction of sp³-hybridized carbons (Fsp3) is 0.160. The molecule has 1 saturated heterocycles. The Morgan fingerprint density at radius 1 is 0.938 bits per heavy atom. The Hall–Kier alpha value is -2.60. The number of carbonyl (C=O) groups excluding carboxylic acids is 2. The van der Waals surface area contributed by atoms with Gasteiger partial charge in [0.05, 0.1) is 16.6 Å². The summed E-state index contributed by atoms with van der Waals surface area (Å²) in [4.78, 5) is 32.5. The van der Waals surface area contributed by atoms with E-state index in [-0.39, 0.29) is 18.1 Å². The maximum atomic E-state index is 13.4. The molecule has 1 aliphatic rings. The Kier molecular flexibility index (Phi) is 6.70. The van der Waals surface area contributed by atoms with Crippen LogP contribution in [-0.4, -0.2) is 22.1 Å². The van der Waals surface area contributed by atoms with E-state index in [4.69, 9.17) is 23.2 Å². The number of amidine groups is 1. The molecule has 3 aromatic rings. The molecule has 0 radical (unpaired) electrons. The van der Waals surface area contributed by atoms with Crippen molar-refractivity contribution in [2.45, 2.75) is 25.5 Å². The highest BCUT2D eigenvalue weighted by molar-refractivity contribution is 8.16. The molecule has 1 fully saturated rings. The van der Waals surface area contributed by atoms with Crippen molar-refractivity contribution < 1.29 is 9.59 Å². The largest absolute Gasteiger partial charge is 0.294 e. The van der Waals surface area contributed by atoms with E-state index in [1.807, 2.05) is 32.0 Å². The average molecular weight is 483 g/mol. The fourth-order valence-corrected chi connectivity index (χ4v) is 4.74. The molecule has 0 aromatic heterocycles. The molecule has 0 N–H and O–H groups in total. The molecular formula is C25H20Cl2N2O2S. The van der Waals surface area contributed by atoms with Crippen molar-refractivity contribution in [3.63, 3.8) is 0 Å². The van der Waals surface area contributed by atoms with Gasteiger partial charge >= 0.3 is 0 Å². The molecule has 0 spiro atoms. The molecule has 1 heterocycles. The third-order valence-corrected chi connectivity index (χ3v) is 6.91. The van der Waals surface area contributed by atoms with Crippen LogP contribution in [0.15, 0.2) is 71.7 Å². The van der Waals surface area contributed by atoms with E-state index in [1.165, 1.54) is 11.8 Å². The van der Waals surface area contributed by atoms with Gasteiger partial charge in [-0.1, -0.05) is 47.1 Å². The van der Waals surface area contributed by atoms with Crippen molar-refractivity contribution in [2.75, 3.05) is 4.90 Å². The molecule has 0 saturated carbocycles. The van der Waals surface area contributed by atoms with Gasteiger partial charge in [0.2, 0.25) is 5.91 Å². The highest BCUT2D eigenvalue weighted by Gasteiger charge is 2.40. The normalized spacial score (nSPS) is 17.2. The Labute approximate surface area is 201 Å². The van der Waals surface area contributed by atoms with Gasteiger partial charge in [0.1, 0.15) is 0 Å². The summed E-state index contributed by atoms with van der Waals surface area (Å²) >= 11 is 13.3. The number of halogens is 2. The quantitative estimate of drug-likeness (QED) is 0.367. The van der Waals surface area contributed by atoms with E-state index < -0.39 is 5.25 Å². The lowest BCUT2D eigenvalue weighted by atomic mass is 10.0. The highest BCUT2D eigenvalue weighted by atomic mass is 35.5. The number of rotatable bonds is 5. The van der Waals surface area contributed by atoms with E-state index in [0.717, 1.165) is 11.1 Å². The van der Waals surface area contributed by atoms with Crippen molar-refractivity contribution in [3.05, 3.63) is 93.5 Å². The summed E-state index contributed by atoms with van der Waals surface area (Å²) in [5.74, 6) is -0.245. The predicted octanol–water partition coefficient (Wildman–Crippen LogP) is 7.02. The molecule has 7 heteroatoms. The number of ketones is 1. The standard InChI is InChI=1S/C25H20Cl2N2O2S/c1-15-3-4-17(13-16(15)2)22(30)14-23-24(31)29(21-11-7-19(27)8-12-21)25(32-23)28-20-9-5-18(26)6-10-20/h3-13,23H,14H2,1-2H3. The van der Waals surface area contributed by atoms with Crippen LogP contribution in [0.25, 0.3) is 0 Å². The first kappa shape index (κ1) is 22.6. The van der Waals surface area contributed by atoms with Crippen molar-refractivity contribution in [1.29, 1.82) is 0 Å². The first-order chi connectivity index (χ1) is 15.3. The molecule has 3 aromatic carbocycles. The summed E-state index contributed by atoms with van der Waals surface area (Å²) in [6, 6.07) is 19.7. The average Bonchev–Trinajstić information content (AvgIpc) is 3.07. The number of carbonyl (C=O) groups is 2. The number of anilines is 1. The minimum absolute atomic E-state index is 0.0669. The summed E-state index contributed by atoms with van der Waals surface area (Å²) < 4.78 is 0. The van der Waals surface area contributed by atoms with Gasteiger partial charge in [-0.2, -0.15) is 0 Å². The highest BCUT2D eigenvalue weighted by Crippen LogP contribution is 2.36. The molecule has 162 valence electrons. The Balaban J connectivity index is 1.65. The summed E-state index contributed by atoms with van der Waals surface area (Å²) in [6.45, 7) is 3.98. The van der Waals surface area contributed by atoms with Crippen LogP contribution in [0, 0.1) is 13.8 Å². The van der Waals surface area contributed by atoms with Crippen LogP contribution >= 0.6 is 35.0 Å². The molecule has 1 amide bonds. The monoisotopic (exact) mass is 482 g/mol. The number of nitrogens with zero attached hydrogens (tertiary/aromatic N) is 2. The molecule has 1 aliphatic heterocycles. The van der Waals surface area contributed by atoms with Crippen LogP contribution in [-0.2, 0) is 4.79 Å². The first-order valence-electron chi connectivity index (χ1n) is 10.0. The van der Waals surface area contributed by atoms with Crippen molar-refractivity contribution in [1.82, 2.24) is 0 Å². The zero-order chi connectivity index (χ0) is 22.8. The van der Waals surface area contributed by atoms with Crippen molar-refractivity contribution in [2.24, 2.45) is 4.99 Å². The summed E-state index contributed by atoms with van der Waals surface area (Å²) in [7, 11) is 0. The van der Waals surface area contributed by atoms with Gasteiger partial charge < -0.3 is 0 Å². The van der Waals surface area contributed by atoms with E-state index in [2.05, 4.69) is 4.99 Å². The van der Waals surface area contributed by atoms with E-state index >= 15 is 0 Å². The predicted molar refractivity (Wildman–Crippen MR) is 134 cm³/mol. The SMILES string of the molecule is Cc1ccc(C(=O)CC2SC(=Nc3ccc(Cl)cc3)N(c3ccc(Cl)cc3)C2=O)cc1C. The zero-order valence-corrected chi connectivity index (χ0v) is 19.8. The van der Waals surface area contributed by atoms with E-state index in [1.54, 1.807) is 53.4 Å². The number of aliphatic imine (C=N–C) groups is 1. The number of amides is 1. The molecule has 1 unspecified atom stereocenters. The maximum Gasteiger partial charge on any atom is 0.247 e. The molecule has 1 atom stereocenters. The third-order valence-electron chi connectivity index (χ3n) is 5.27. The van der Waals surface area contributed by atoms with Crippen molar-refractivity contribution in [3.8, 4) is 0 Å². The smallest absolute Gasteiger partial charge is 0.247 e. The lowest BCUT2D eigenvalue weighted by molar-refractivity contribution is -0.116. The third kappa shape index (κ3) is 4.90. The Morgan fingerprint density at radius 2 is 1.56 bits per heavy atom. The van der Waals surface area contributed by atoms with Crippen molar-refractivity contribution >= 4 is 63.2 Å². The van der Waals surface area contributed by atoms with Crippen LogP contribution in [0.3, 0.4) is 0 Å². The van der Waals surface area contributed by atoms with E-state index in [0.29, 0.717) is 32.2 Å². The van der Waals surface area contributed by atoms with E-state index in [9.17, 15) is 9.59 Å². The number of hydrogen-bond donors (Lipinski definition) is 0. The van der Waals surface area contributed by atoms with Gasteiger partial charge in [-0.3, -0.25) is 14.5 Å². The van der Waals surface area contributed by atoms with Crippen LogP contribution in [0.5, 0.6) is 0 Å². The molecule has 32 heavy (non-hydrogen) atoms. The molecule has 4 nitrogen and oxygen atoms in total. The Bertz CT molecular complexity index is 1210. The maximum absolute atomic E-state index is 13.4.